The summed E-state index contributed by atoms with van der Waals surface area (Å²) in [5.74, 6) is 0. The van der Waals surface area contributed by atoms with E-state index in [1.165, 1.54) is 11.1 Å². The van der Waals surface area contributed by atoms with Crippen LogP contribution < -0.4 is 0 Å². The summed E-state index contributed by atoms with van der Waals surface area (Å²) in [4.78, 5) is 6.62. The van der Waals surface area contributed by atoms with Crippen molar-refractivity contribution >= 4 is 0 Å². The standard InChI is InChI=1S/C16H20N2/c1-18(2)12-10-14-7-3-4-8-15(14)13-16-9-5-6-11-17-16/h3-9,11H,10,12-13H2,1-2H3. The van der Waals surface area contributed by atoms with Gasteiger partial charge in [0.2, 0.25) is 0 Å². The smallest absolute Gasteiger partial charge is 0.0447 e. The van der Waals surface area contributed by atoms with E-state index in [0.717, 1.165) is 25.1 Å². The molecule has 2 nitrogen and oxygen atoms in total. The highest BCUT2D eigenvalue weighted by molar-refractivity contribution is 5.31. The largest absolute Gasteiger partial charge is 0.309 e. The SMILES string of the molecule is CN(C)CCc1ccccc1Cc1ccccn1. The van der Waals surface area contributed by atoms with Gasteiger partial charge in [-0.1, -0.05) is 30.3 Å². The average molecular weight is 240 g/mol. The number of hydrogen-bond acceptors (Lipinski definition) is 2. The van der Waals surface area contributed by atoms with Gasteiger partial charge in [-0.3, -0.25) is 4.98 Å². The first-order chi connectivity index (χ1) is 8.75. The van der Waals surface area contributed by atoms with E-state index in [0.29, 0.717) is 0 Å². The summed E-state index contributed by atoms with van der Waals surface area (Å²) in [5.41, 5.74) is 3.95. The monoisotopic (exact) mass is 240 g/mol. The van der Waals surface area contributed by atoms with Crippen LogP contribution in [0.5, 0.6) is 0 Å². The highest BCUT2D eigenvalue weighted by Crippen LogP contribution is 2.13. The van der Waals surface area contributed by atoms with E-state index in [-0.39, 0.29) is 0 Å². The molecule has 0 N–H and O–H groups in total. The number of nitrogens with zero attached hydrogens (tertiary/aromatic N) is 2. The van der Waals surface area contributed by atoms with Crippen LogP contribution in [0.1, 0.15) is 16.8 Å². The van der Waals surface area contributed by atoms with Crippen LogP contribution in [0.2, 0.25) is 0 Å². The molecule has 1 aromatic carbocycles. The van der Waals surface area contributed by atoms with E-state index in [2.05, 4.69) is 54.3 Å². The van der Waals surface area contributed by atoms with Gasteiger partial charge in [-0.25, -0.2) is 0 Å². The van der Waals surface area contributed by atoms with E-state index in [9.17, 15) is 0 Å². The van der Waals surface area contributed by atoms with Crippen molar-refractivity contribution < 1.29 is 0 Å². The fourth-order valence-electron chi connectivity index (χ4n) is 2.02. The minimum Gasteiger partial charge on any atom is -0.309 e. The summed E-state index contributed by atoms with van der Waals surface area (Å²) in [7, 11) is 4.22. The number of aromatic nitrogens is 1. The van der Waals surface area contributed by atoms with Crippen molar-refractivity contribution in [2.45, 2.75) is 12.8 Å². The van der Waals surface area contributed by atoms with Gasteiger partial charge in [-0.15, -0.1) is 0 Å². The lowest BCUT2D eigenvalue weighted by molar-refractivity contribution is 0.413. The zero-order valence-corrected chi connectivity index (χ0v) is 11.1. The van der Waals surface area contributed by atoms with E-state index in [4.69, 9.17) is 0 Å². The zero-order valence-electron chi connectivity index (χ0n) is 11.1. The molecule has 2 heteroatoms. The van der Waals surface area contributed by atoms with Crippen molar-refractivity contribution in [2.24, 2.45) is 0 Å². The summed E-state index contributed by atoms with van der Waals surface area (Å²) >= 11 is 0. The van der Waals surface area contributed by atoms with Crippen LogP contribution in [0, 0.1) is 0 Å². The highest BCUT2D eigenvalue weighted by Gasteiger charge is 2.04. The number of pyridine rings is 1. The second-order valence-electron chi connectivity index (χ2n) is 4.82. The molecule has 0 radical (unpaired) electrons. The first kappa shape index (κ1) is 12.8. The number of hydrogen-bond donors (Lipinski definition) is 0. The minimum atomic E-state index is 0.921. The Labute approximate surface area is 109 Å². The first-order valence-corrected chi connectivity index (χ1v) is 6.37. The van der Waals surface area contributed by atoms with Crippen LogP contribution in [0.3, 0.4) is 0 Å². The predicted octanol–water partition coefficient (Wildman–Crippen LogP) is 2.78. The van der Waals surface area contributed by atoms with Gasteiger partial charge in [0.1, 0.15) is 0 Å². The third-order valence-corrected chi connectivity index (χ3v) is 3.04. The van der Waals surface area contributed by atoms with Crippen LogP contribution >= 0.6 is 0 Å². The van der Waals surface area contributed by atoms with Crippen molar-refractivity contribution in [3.8, 4) is 0 Å². The van der Waals surface area contributed by atoms with Gasteiger partial charge in [0.25, 0.3) is 0 Å². The molecule has 0 atom stereocenters. The highest BCUT2D eigenvalue weighted by atomic mass is 15.0. The normalized spacial score (nSPS) is 10.8. The second kappa shape index (κ2) is 6.31. The van der Waals surface area contributed by atoms with Crippen LogP contribution in [-0.4, -0.2) is 30.5 Å². The van der Waals surface area contributed by atoms with E-state index >= 15 is 0 Å². The molecular weight excluding hydrogens is 220 g/mol. The van der Waals surface area contributed by atoms with Crippen LogP contribution in [0.25, 0.3) is 0 Å². The molecule has 18 heavy (non-hydrogen) atoms. The fourth-order valence-corrected chi connectivity index (χ4v) is 2.02. The maximum atomic E-state index is 4.40. The second-order valence-corrected chi connectivity index (χ2v) is 4.82. The summed E-state index contributed by atoms with van der Waals surface area (Å²) in [6, 6.07) is 14.8. The van der Waals surface area contributed by atoms with E-state index in [1.54, 1.807) is 0 Å². The summed E-state index contributed by atoms with van der Waals surface area (Å²) in [6.45, 7) is 1.08. The Balaban J connectivity index is 2.12. The first-order valence-electron chi connectivity index (χ1n) is 6.37. The van der Waals surface area contributed by atoms with Gasteiger partial charge in [0.15, 0.2) is 0 Å². The number of rotatable bonds is 5. The Bertz CT molecular complexity index is 477. The molecule has 2 aromatic rings. The Morgan fingerprint density at radius 3 is 2.33 bits per heavy atom. The molecule has 0 fully saturated rings. The van der Waals surface area contributed by atoms with Crippen LogP contribution in [-0.2, 0) is 12.8 Å². The molecule has 0 unspecified atom stereocenters. The van der Waals surface area contributed by atoms with Crippen molar-refractivity contribution in [2.75, 3.05) is 20.6 Å². The molecule has 0 aliphatic rings. The zero-order chi connectivity index (χ0) is 12.8. The maximum absolute atomic E-state index is 4.40. The molecule has 0 aliphatic heterocycles. The predicted molar refractivity (Wildman–Crippen MR) is 75.7 cm³/mol. The molecule has 0 bridgehead atoms. The van der Waals surface area contributed by atoms with Gasteiger partial charge in [0.05, 0.1) is 0 Å². The molecule has 0 amide bonds. The number of likely N-dealkylation sites (N-methyl/N-ethyl adjacent to an activating group) is 1. The molecule has 2 rings (SSSR count). The van der Waals surface area contributed by atoms with E-state index < -0.39 is 0 Å². The van der Waals surface area contributed by atoms with Crippen LogP contribution in [0.15, 0.2) is 48.7 Å². The van der Waals surface area contributed by atoms with Crippen molar-refractivity contribution in [1.29, 1.82) is 0 Å². The average Bonchev–Trinajstić information content (AvgIpc) is 2.39. The van der Waals surface area contributed by atoms with Crippen molar-refractivity contribution in [3.05, 3.63) is 65.5 Å². The fraction of sp³-hybridized carbons (Fsp3) is 0.312. The third-order valence-electron chi connectivity index (χ3n) is 3.04. The Morgan fingerprint density at radius 2 is 1.67 bits per heavy atom. The summed E-state index contributed by atoms with van der Waals surface area (Å²) < 4.78 is 0. The lowest BCUT2D eigenvalue weighted by atomic mass is 10.00. The maximum Gasteiger partial charge on any atom is 0.0447 e. The molecule has 1 heterocycles. The van der Waals surface area contributed by atoms with Gasteiger partial charge in [0, 0.05) is 24.9 Å². The number of benzene rings is 1. The van der Waals surface area contributed by atoms with E-state index in [1.807, 2.05) is 18.3 Å². The van der Waals surface area contributed by atoms with Gasteiger partial charge in [-0.2, -0.15) is 0 Å². The topological polar surface area (TPSA) is 16.1 Å². The molecular formula is C16H20N2. The lowest BCUT2D eigenvalue weighted by Crippen LogP contribution is -2.15. The molecule has 94 valence electrons. The molecule has 0 spiro atoms. The molecule has 0 aliphatic carbocycles. The quantitative estimate of drug-likeness (QED) is 0.799. The Hall–Kier alpha value is -1.67. The Morgan fingerprint density at radius 1 is 0.944 bits per heavy atom. The van der Waals surface area contributed by atoms with Crippen molar-refractivity contribution in [3.63, 3.8) is 0 Å². The van der Waals surface area contributed by atoms with Gasteiger partial charge < -0.3 is 4.90 Å². The Kier molecular flexibility index (Phi) is 4.48. The summed E-state index contributed by atoms with van der Waals surface area (Å²) in [6.07, 6.45) is 3.87. The van der Waals surface area contributed by atoms with Crippen LogP contribution in [0.4, 0.5) is 0 Å². The molecule has 0 saturated heterocycles. The molecule has 0 saturated carbocycles. The molecule has 1 aromatic heterocycles. The lowest BCUT2D eigenvalue weighted by Gasteiger charge is -2.12. The van der Waals surface area contributed by atoms with Crippen molar-refractivity contribution in [1.82, 2.24) is 9.88 Å². The summed E-state index contributed by atoms with van der Waals surface area (Å²) in [5, 5.41) is 0. The van der Waals surface area contributed by atoms with Gasteiger partial charge >= 0.3 is 0 Å². The van der Waals surface area contributed by atoms with Gasteiger partial charge in [-0.05, 0) is 43.8 Å². The third kappa shape index (κ3) is 3.67. The minimum absolute atomic E-state index is 0.921.